The maximum atomic E-state index is 13.9. The molecule has 0 spiro atoms. The monoisotopic (exact) mass is 591 g/mol. The van der Waals surface area contributed by atoms with Gasteiger partial charge in [0.15, 0.2) is 0 Å². The van der Waals surface area contributed by atoms with Crippen LogP contribution in [0.2, 0.25) is 0 Å². The van der Waals surface area contributed by atoms with Crippen LogP contribution in [0.1, 0.15) is 60.5 Å². The molecule has 0 aromatic heterocycles. The number of nitrogens with zero attached hydrogens (tertiary/aromatic N) is 3. The summed E-state index contributed by atoms with van der Waals surface area (Å²) in [5, 5.41) is 9.35. The number of hydrogen-bond donors (Lipinski definition) is 1. The molecule has 11 heteroatoms. The molecule has 1 N–H and O–H groups in total. The molecule has 2 aromatic carbocycles. The van der Waals surface area contributed by atoms with E-state index in [0.29, 0.717) is 56.8 Å². The molecular weight excluding hydrogens is 554 g/mol. The summed E-state index contributed by atoms with van der Waals surface area (Å²) in [6, 6.07) is 9.90. The minimum absolute atomic E-state index is 0.124. The highest BCUT2D eigenvalue weighted by molar-refractivity contribution is 5.87. The number of benzene rings is 2. The molecule has 228 valence electrons. The second-order valence-electron chi connectivity index (χ2n) is 12.0. The van der Waals surface area contributed by atoms with Crippen LogP contribution >= 0.6 is 0 Å². The highest BCUT2D eigenvalue weighted by Crippen LogP contribution is 2.37. The number of piperidine rings is 1. The molecule has 4 atom stereocenters. The summed E-state index contributed by atoms with van der Waals surface area (Å²) < 4.78 is 59.6. The van der Waals surface area contributed by atoms with Crippen molar-refractivity contribution in [2.45, 2.75) is 56.8 Å². The van der Waals surface area contributed by atoms with E-state index in [0.717, 1.165) is 43.6 Å². The van der Waals surface area contributed by atoms with Crippen molar-refractivity contribution in [1.29, 1.82) is 0 Å². The lowest BCUT2D eigenvalue weighted by Gasteiger charge is -2.47. The first-order valence-electron chi connectivity index (χ1n) is 14.5. The molecule has 3 fully saturated rings. The van der Waals surface area contributed by atoms with Crippen molar-refractivity contribution in [3.63, 3.8) is 0 Å². The molecule has 1 amide bonds. The van der Waals surface area contributed by atoms with Gasteiger partial charge >= 0.3 is 12.1 Å². The number of likely N-dealkylation sites (tertiary alicyclic amines) is 1. The van der Waals surface area contributed by atoms with E-state index in [1.165, 1.54) is 0 Å². The zero-order chi connectivity index (χ0) is 30.2. The third-order valence-corrected chi connectivity index (χ3v) is 9.16. The number of aromatic carboxylic acids is 1. The molecule has 5 rings (SSSR count). The molecule has 0 saturated carbocycles. The molecule has 0 aliphatic carbocycles. The Bertz CT molecular complexity index is 1300. The van der Waals surface area contributed by atoms with E-state index in [1.807, 2.05) is 13.0 Å². The van der Waals surface area contributed by atoms with Crippen LogP contribution in [-0.2, 0) is 15.7 Å². The molecule has 3 aliphatic rings. The van der Waals surface area contributed by atoms with Crippen molar-refractivity contribution in [2.24, 2.45) is 5.92 Å². The largest absolute Gasteiger partial charge is 0.478 e. The number of carbonyl (C=O) groups is 2. The molecule has 2 aromatic rings. The maximum Gasteiger partial charge on any atom is 0.416 e. The zero-order valence-corrected chi connectivity index (χ0v) is 23.9. The quantitative estimate of drug-likeness (QED) is 0.479. The Hall–Kier alpha value is -3.18. The fourth-order valence-corrected chi connectivity index (χ4v) is 6.66. The Morgan fingerprint density at radius 1 is 1.02 bits per heavy atom. The van der Waals surface area contributed by atoms with Gasteiger partial charge in [-0.15, -0.1) is 0 Å². The lowest BCUT2D eigenvalue weighted by molar-refractivity contribution is -0.168. The lowest BCUT2D eigenvalue weighted by Crippen LogP contribution is -2.59. The summed E-state index contributed by atoms with van der Waals surface area (Å²) >= 11 is 0. The van der Waals surface area contributed by atoms with Crippen molar-refractivity contribution in [1.82, 2.24) is 9.80 Å². The second kappa shape index (κ2) is 11.8. The van der Waals surface area contributed by atoms with Gasteiger partial charge in [0.05, 0.1) is 17.7 Å². The van der Waals surface area contributed by atoms with Crippen LogP contribution in [0.4, 0.5) is 23.2 Å². The molecule has 0 radical (unpaired) electrons. The fourth-order valence-electron chi connectivity index (χ4n) is 6.66. The summed E-state index contributed by atoms with van der Waals surface area (Å²) in [6.07, 6.45) is -2.36. The number of piperazine rings is 1. The zero-order valence-electron chi connectivity index (χ0n) is 23.9. The third-order valence-electron chi connectivity index (χ3n) is 9.16. The van der Waals surface area contributed by atoms with Crippen molar-refractivity contribution < 1.29 is 37.0 Å². The van der Waals surface area contributed by atoms with Crippen LogP contribution < -0.4 is 4.90 Å². The van der Waals surface area contributed by atoms with Gasteiger partial charge in [0.25, 0.3) is 5.91 Å². The van der Waals surface area contributed by atoms with E-state index in [2.05, 4.69) is 11.8 Å². The first-order chi connectivity index (χ1) is 19.8. The van der Waals surface area contributed by atoms with E-state index in [9.17, 15) is 32.3 Å². The number of hydrogen-bond acceptors (Lipinski definition) is 5. The molecular formula is C31H37F4N3O4. The first kappa shape index (κ1) is 30.3. The Labute approximate surface area is 243 Å². The molecule has 0 unspecified atom stereocenters. The van der Waals surface area contributed by atoms with E-state index < -0.39 is 29.1 Å². The molecule has 0 bridgehead atoms. The van der Waals surface area contributed by atoms with Crippen molar-refractivity contribution >= 4 is 17.6 Å². The van der Waals surface area contributed by atoms with Gasteiger partial charge in [-0.2, -0.15) is 13.2 Å². The predicted molar refractivity (Wildman–Crippen MR) is 149 cm³/mol. The van der Waals surface area contributed by atoms with Gasteiger partial charge in [0, 0.05) is 44.5 Å². The van der Waals surface area contributed by atoms with E-state index in [1.54, 1.807) is 28.0 Å². The Balaban J connectivity index is 1.13. The Morgan fingerprint density at radius 3 is 2.38 bits per heavy atom. The minimum Gasteiger partial charge on any atom is -0.478 e. The molecule has 3 heterocycles. The fraction of sp³-hybridized carbons (Fsp3) is 0.548. The third kappa shape index (κ3) is 6.41. The number of halogens is 4. The smallest absolute Gasteiger partial charge is 0.416 e. The topological polar surface area (TPSA) is 73.3 Å². The molecule has 3 saturated heterocycles. The number of anilines is 1. The van der Waals surface area contributed by atoms with Crippen LogP contribution in [0, 0.1) is 11.7 Å². The minimum atomic E-state index is -4.64. The second-order valence-corrected chi connectivity index (χ2v) is 12.0. The number of carboxylic acids is 1. The Kier molecular flexibility index (Phi) is 8.53. The summed E-state index contributed by atoms with van der Waals surface area (Å²) in [7, 11) is 0. The summed E-state index contributed by atoms with van der Waals surface area (Å²) in [5.41, 5.74) is -0.483. The normalized spacial score (nSPS) is 27.6. The van der Waals surface area contributed by atoms with Crippen molar-refractivity contribution in [2.75, 3.05) is 50.8 Å². The number of carbonyl (C=O) groups excluding carboxylic acids is 1. The van der Waals surface area contributed by atoms with E-state index in [4.69, 9.17) is 4.74 Å². The van der Waals surface area contributed by atoms with Crippen LogP contribution in [0.5, 0.6) is 0 Å². The number of alkyl halides is 3. The lowest BCUT2D eigenvalue weighted by atomic mass is 9.80. The number of rotatable bonds is 5. The van der Waals surface area contributed by atoms with Gasteiger partial charge < -0.3 is 19.6 Å². The van der Waals surface area contributed by atoms with Crippen LogP contribution in [-0.4, -0.2) is 84.3 Å². The number of carboxylic acid groups (broad SMARTS) is 1. The van der Waals surface area contributed by atoms with Gasteiger partial charge in [-0.05, 0) is 80.5 Å². The van der Waals surface area contributed by atoms with Crippen LogP contribution in [0.3, 0.4) is 0 Å². The highest BCUT2D eigenvalue weighted by atomic mass is 19.4. The Morgan fingerprint density at radius 2 is 1.76 bits per heavy atom. The predicted octanol–water partition coefficient (Wildman–Crippen LogP) is 5.25. The summed E-state index contributed by atoms with van der Waals surface area (Å²) in [5.74, 6) is -1.38. The molecule has 42 heavy (non-hydrogen) atoms. The van der Waals surface area contributed by atoms with Gasteiger partial charge in [0.2, 0.25) is 0 Å². The SMILES string of the molecule is C[C@H]1CN([C@@H]2CC[C@](C)(C(=O)N3CCN(c4cc(F)cc(C(F)(F)F)c4)CC3)OC2)CC[C@@H]1c1cccc(C(=O)O)c1. The number of ether oxygens (including phenoxy) is 1. The molecule has 3 aliphatic heterocycles. The first-order valence-corrected chi connectivity index (χ1v) is 14.5. The molecule has 7 nitrogen and oxygen atoms in total. The van der Waals surface area contributed by atoms with Crippen LogP contribution in [0.15, 0.2) is 42.5 Å². The average molecular weight is 592 g/mol. The average Bonchev–Trinajstić information content (AvgIpc) is 2.96. The summed E-state index contributed by atoms with van der Waals surface area (Å²) in [6.45, 7) is 7.38. The van der Waals surface area contributed by atoms with Gasteiger partial charge in [-0.25, -0.2) is 9.18 Å². The number of amides is 1. The van der Waals surface area contributed by atoms with Crippen LogP contribution in [0.25, 0.3) is 0 Å². The van der Waals surface area contributed by atoms with Crippen molar-refractivity contribution in [3.8, 4) is 0 Å². The highest BCUT2D eigenvalue weighted by Gasteiger charge is 2.44. The summed E-state index contributed by atoms with van der Waals surface area (Å²) in [4.78, 5) is 30.7. The standard InChI is InChI=1S/C31H37F4N3O4/c1-20-18-38(9-7-27(20)21-4-3-5-22(14-21)28(39)40)25-6-8-30(2,42-19-25)29(41)37-12-10-36(11-13-37)26-16-23(31(33,34)35)15-24(32)17-26/h3-5,14-17,20,25,27H,6-13,18-19H2,1-2H3,(H,39,40)/t20-,25+,27-,30+/m0/s1. The van der Waals surface area contributed by atoms with Gasteiger partial charge in [0.1, 0.15) is 11.4 Å². The van der Waals surface area contributed by atoms with Crippen molar-refractivity contribution in [3.05, 3.63) is 65.0 Å². The van der Waals surface area contributed by atoms with Gasteiger partial charge in [-0.1, -0.05) is 19.1 Å². The van der Waals surface area contributed by atoms with Gasteiger partial charge in [-0.3, -0.25) is 9.69 Å². The van der Waals surface area contributed by atoms with E-state index >= 15 is 0 Å². The van der Waals surface area contributed by atoms with E-state index in [-0.39, 0.29) is 23.6 Å². The maximum absolute atomic E-state index is 13.9.